The Kier molecular flexibility index (Phi) is 6.86. The number of amides is 2. The number of benzene rings is 1. The Morgan fingerprint density at radius 3 is 2.38 bits per heavy atom. The fraction of sp³-hybridized carbons (Fsp3) is 0.429. The number of nitrogens with one attached hydrogen (secondary N) is 1. The third kappa shape index (κ3) is 4.54. The molecule has 3 fully saturated rings. The number of likely N-dealkylation sites (tertiary alicyclic amines) is 1. The second-order valence-electron chi connectivity index (χ2n) is 10.0. The zero-order chi connectivity index (χ0) is 26.0. The van der Waals surface area contributed by atoms with E-state index in [1.807, 2.05) is 40.1 Å². The lowest BCUT2D eigenvalue weighted by atomic mass is 9.77. The molecule has 4 heterocycles. The standard InChI is InChI=1S/C28H34N6O3/c1-37-25-16-21(4-6-23(25)20(17-29)18-30)34-15-10-28(27(34)36)8-13-33(14-9-28)26(35)24-7-5-22(19-31-24)32-11-2-3-12-32/h4-7,16-19,29H,2-3,8-15,30H2,1H3/b20-18+,29-17?. The van der Waals surface area contributed by atoms with Crippen molar-refractivity contribution in [1.82, 2.24) is 9.88 Å². The fourth-order valence-corrected chi connectivity index (χ4v) is 5.81. The number of piperidine rings is 1. The molecule has 0 radical (unpaired) electrons. The number of anilines is 2. The first-order valence-electron chi connectivity index (χ1n) is 12.9. The topological polar surface area (TPSA) is 116 Å². The van der Waals surface area contributed by atoms with Crippen LogP contribution in [0.1, 0.15) is 48.2 Å². The largest absolute Gasteiger partial charge is 0.496 e. The first kappa shape index (κ1) is 24.8. The van der Waals surface area contributed by atoms with E-state index in [1.165, 1.54) is 25.3 Å². The third-order valence-corrected chi connectivity index (χ3v) is 8.10. The van der Waals surface area contributed by atoms with Crippen molar-refractivity contribution < 1.29 is 14.3 Å². The van der Waals surface area contributed by atoms with Gasteiger partial charge in [0.25, 0.3) is 5.91 Å². The molecule has 1 aromatic carbocycles. The van der Waals surface area contributed by atoms with E-state index >= 15 is 0 Å². The summed E-state index contributed by atoms with van der Waals surface area (Å²) in [5.74, 6) is 0.597. The van der Waals surface area contributed by atoms with Crippen LogP contribution in [0.4, 0.5) is 11.4 Å². The van der Waals surface area contributed by atoms with Crippen molar-refractivity contribution in [3.63, 3.8) is 0 Å². The third-order valence-electron chi connectivity index (χ3n) is 8.10. The highest BCUT2D eigenvalue weighted by molar-refractivity contribution is 6.09. The van der Waals surface area contributed by atoms with Crippen molar-refractivity contribution in [2.45, 2.75) is 32.1 Å². The SMILES string of the molecule is COc1cc(N2CCC3(CCN(C(=O)c4ccc(N5CCCC5)cn4)CC3)C2=O)ccc1/C(C=N)=C/N. The average molecular weight is 503 g/mol. The summed E-state index contributed by atoms with van der Waals surface area (Å²) >= 11 is 0. The molecule has 0 saturated carbocycles. The Bertz CT molecular complexity index is 1210. The normalized spacial score (nSPS) is 19.5. The maximum Gasteiger partial charge on any atom is 0.272 e. The number of carbonyl (C=O) groups is 2. The molecule has 0 aliphatic carbocycles. The molecule has 37 heavy (non-hydrogen) atoms. The fourth-order valence-electron chi connectivity index (χ4n) is 5.81. The summed E-state index contributed by atoms with van der Waals surface area (Å²) in [7, 11) is 1.57. The summed E-state index contributed by atoms with van der Waals surface area (Å²) in [6.07, 6.45) is 8.79. The molecule has 3 aliphatic rings. The molecule has 0 atom stereocenters. The molecule has 0 unspecified atom stereocenters. The molecule has 9 heteroatoms. The molecule has 2 amide bonds. The van der Waals surface area contributed by atoms with E-state index in [-0.39, 0.29) is 11.8 Å². The Hall–Kier alpha value is -3.88. The second-order valence-corrected chi connectivity index (χ2v) is 10.0. The van der Waals surface area contributed by atoms with Gasteiger partial charge in [0.15, 0.2) is 0 Å². The van der Waals surface area contributed by atoms with Crippen LogP contribution in [0.25, 0.3) is 5.57 Å². The Morgan fingerprint density at radius 1 is 1.05 bits per heavy atom. The summed E-state index contributed by atoms with van der Waals surface area (Å²) in [6.45, 7) is 3.79. The van der Waals surface area contributed by atoms with E-state index in [0.717, 1.165) is 30.9 Å². The number of aromatic nitrogens is 1. The highest BCUT2D eigenvalue weighted by atomic mass is 16.5. The zero-order valence-corrected chi connectivity index (χ0v) is 21.3. The number of nitrogens with zero attached hydrogens (tertiary/aromatic N) is 4. The molecule has 5 rings (SSSR count). The van der Waals surface area contributed by atoms with Crippen molar-refractivity contribution in [2.24, 2.45) is 11.1 Å². The number of nitrogens with two attached hydrogens (primary N) is 1. The van der Waals surface area contributed by atoms with Crippen molar-refractivity contribution >= 4 is 35.0 Å². The maximum absolute atomic E-state index is 13.6. The number of methoxy groups -OCH3 is 1. The summed E-state index contributed by atoms with van der Waals surface area (Å²) in [6, 6.07) is 9.35. The van der Waals surface area contributed by atoms with Gasteiger partial charge < -0.3 is 30.6 Å². The number of rotatable bonds is 6. The van der Waals surface area contributed by atoms with E-state index in [2.05, 4.69) is 9.88 Å². The van der Waals surface area contributed by atoms with Gasteiger partial charge in [-0.1, -0.05) is 0 Å². The van der Waals surface area contributed by atoms with Crippen LogP contribution in [0.15, 0.2) is 42.7 Å². The number of hydrogen-bond acceptors (Lipinski definition) is 7. The minimum atomic E-state index is -0.451. The van der Waals surface area contributed by atoms with E-state index in [0.29, 0.717) is 55.1 Å². The second kappa shape index (κ2) is 10.2. The van der Waals surface area contributed by atoms with Gasteiger partial charge in [0.1, 0.15) is 11.4 Å². The van der Waals surface area contributed by atoms with Gasteiger partial charge in [-0.3, -0.25) is 9.59 Å². The molecule has 3 N–H and O–H groups in total. The molecule has 9 nitrogen and oxygen atoms in total. The predicted molar refractivity (Wildman–Crippen MR) is 144 cm³/mol. The Labute approximate surface area is 217 Å². The minimum Gasteiger partial charge on any atom is -0.496 e. The minimum absolute atomic E-state index is 0.0691. The van der Waals surface area contributed by atoms with Crippen LogP contribution in [0.3, 0.4) is 0 Å². The number of hydrogen-bond donors (Lipinski definition) is 2. The van der Waals surface area contributed by atoms with Crippen LogP contribution >= 0.6 is 0 Å². The van der Waals surface area contributed by atoms with Crippen LogP contribution in [0.2, 0.25) is 0 Å². The maximum atomic E-state index is 13.6. The van der Waals surface area contributed by atoms with E-state index in [1.54, 1.807) is 13.3 Å². The van der Waals surface area contributed by atoms with Gasteiger partial charge in [-0.15, -0.1) is 0 Å². The van der Waals surface area contributed by atoms with Crippen LogP contribution in [-0.2, 0) is 4.79 Å². The number of carbonyl (C=O) groups excluding carboxylic acids is 2. The average Bonchev–Trinajstić information content (AvgIpc) is 3.59. The molecule has 3 aliphatic heterocycles. The van der Waals surface area contributed by atoms with E-state index in [9.17, 15) is 9.59 Å². The summed E-state index contributed by atoms with van der Waals surface area (Å²) in [5, 5.41) is 7.57. The van der Waals surface area contributed by atoms with Gasteiger partial charge >= 0.3 is 0 Å². The molecular formula is C28H34N6O3. The number of pyridine rings is 1. The Morgan fingerprint density at radius 2 is 1.76 bits per heavy atom. The molecule has 1 aromatic heterocycles. The van der Waals surface area contributed by atoms with Gasteiger partial charge in [0.2, 0.25) is 5.91 Å². The van der Waals surface area contributed by atoms with E-state index < -0.39 is 5.41 Å². The van der Waals surface area contributed by atoms with Crippen LogP contribution in [-0.4, -0.2) is 67.7 Å². The van der Waals surface area contributed by atoms with Gasteiger partial charge in [0.05, 0.1) is 24.4 Å². The lowest BCUT2D eigenvalue weighted by molar-refractivity contribution is -0.127. The van der Waals surface area contributed by atoms with Crippen molar-refractivity contribution in [3.05, 3.63) is 54.0 Å². The van der Waals surface area contributed by atoms with Gasteiger partial charge in [-0.25, -0.2) is 4.98 Å². The van der Waals surface area contributed by atoms with Crippen LogP contribution in [0.5, 0.6) is 5.75 Å². The van der Waals surface area contributed by atoms with Gasteiger partial charge in [0, 0.05) is 68.0 Å². The molecule has 2 aromatic rings. The van der Waals surface area contributed by atoms with Crippen molar-refractivity contribution in [3.8, 4) is 5.75 Å². The molecule has 3 saturated heterocycles. The number of ether oxygens (including phenoxy) is 1. The molecular weight excluding hydrogens is 468 g/mol. The van der Waals surface area contributed by atoms with Crippen LogP contribution in [0, 0.1) is 10.8 Å². The Balaban J connectivity index is 1.24. The number of allylic oxidation sites excluding steroid dienone is 1. The summed E-state index contributed by atoms with van der Waals surface area (Å²) in [5.41, 5.74) is 8.75. The van der Waals surface area contributed by atoms with Gasteiger partial charge in [-0.2, -0.15) is 0 Å². The zero-order valence-electron chi connectivity index (χ0n) is 21.3. The van der Waals surface area contributed by atoms with Crippen LogP contribution < -0.4 is 20.3 Å². The van der Waals surface area contributed by atoms with Crippen molar-refractivity contribution in [2.75, 3.05) is 49.6 Å². The summed E-state index contributed by atoms with van der Waals surface area (Å²) < 4.78 is 5.53. The van der Waals surface area contributed by atoms with Crippen molar-refractivity contribution in [1.29, 1.82) is 5.41 Å². The first-order chi connectivity index (χ1) is 18.0. The summed E-state index contributed by atoms with van der Waals surface area (Å²) in [4.78, 5) is 37.1. The predicted octanol–water partition coefficient (Wildman–Crippen LogP) is 3.30. The highest BCUT2D eigenvalue weighted by Crippen LogP contribution is 2.44. The lowest BCUT2D eigenvalue weighted by Gasteiger charge is -2.37. The van der Waals surface area contributed by atoms with E-state index in [4.69, 9.17) is 15.9 Å². The lowest BCUT2D eigenvalue weighted by Crippen LogP contribution is -2.46. The molecule has 0 bridgehead atoms. The molecule has 194 valence electrons. The molecule has 1 spiro atoms. The monoisotopic (exact) mass is 502 g/mol. The highest BCUT2D eigenvalue weighted by Gasteiger charge is 2.49. The van der Waals surface area contributed by atoms with Gasteiger partial charge in [-0.05, 0) is 56.4 Å². The first-order valence-corrected chi connectivity index (χ1v) is 12.9. The smallest absolute Gasteiger partial charge is 0.272 e. The quantitative estimate of drug-likeness (QED) is 0.586.